The van der Waals surface area contributed by atoms with Crippen LogP contribution in [0.1, 0.15) is 32.3 Å². The number of anilines is 1. The van der Waals surface area contributed by atoms with Crippen molar-refractivity contribution in [3.8, 4) is 0 Å². The summed E-state index contributed by atoms with van der Waals surface area (Å²) in [6.45, 7) is 4.63. The van der Waals surface area contributed by atoms with Gasteiger partial charge in [-0.2, -0.15) is 0 Å². The smallest absolute Gasteiger partial charge is 0.245 e. The fourth-order valence-electron chi connectivity index (χ4n) is 4.41. The van der Waals surface area contributed by atoms with Crippen molar-refractivity contribution >= 4 is 34.3 Å². The van der Waals surface area contributed by atoms with Gasteiger partial charge in [0.05, 0.1) is 0 Å². The Morgan fingerprint density at radius 3 is 2.38 bits per heavy atom. The first-order valence-corrected chi connectivity index (χ1v) is 11.9. The summed E-state index contributed by atoms with van der Waals surface area (Å²) in [5, 5.41) is 6.97. The van der Waals surface area contributed by atoms with Crippen molar-refractivity contribution in [1.29, 1.82) is 0 Å². The standard InChI is InChI=1S/C27H32N4O3/c1-18(2)25(32)30-24(16-20-17-28-23-11-7-6-10-22(20)23)27(34)31-14-12-19(13-15-31)26(33)29-21-8-4-3-5-9-21/h3-11,17-19,24,28H,12-16H2,1-2H3,(H,29,33)(H,30,32). The molecule has 7 heteroatoms. The molecule has 2 aromatic carbocycles. The molecule has 0 saturated carbocycles. The van der Waals surface area contributed by atoms with E-state index in [9.17, 15) is 14.4 Å². The van der Waals surface area contributed by atoms with E-state index in [0.29, 0.717) is 32.4 Å². The average molecular weight is 461 g/mol. The maximum atomic E-state index is 13.5. The Morgan fingerprint density at radius 1 is 1.00 bits per heavy atom. The van der Waals surface area contributed by atoms with E-state index < -0.39 is 6.04 Å². The number of aromatic amines is 1. The van der Waals surface area contributed by atoms with Gasteiger partial charge in [-0.15, -0.1) is 0 Å². The number of amides is 3. The van der Waals surface area contributed by atoms with Gasteiger partial charge in [0.2, 0.25) is 17.7 Å². The monoisotopic (exact) mass is 460 g/mol. The van der Waals surface area contributed by atoms with E-state index in [0.717, 1.165) is 22.2 Å². The van der Waals surface area contributed by atoms with Crippen LogP contribution in [0.4, 0.5) is 5.69 Å². The number of aromatic nitrogens is 1. The van der Waals surface area contributed by atoms with Crippen LogP contribution < -0.4 is 10.6 Å². The molecule has 3 aromatic rings. The van der Waals surface area contributed by atoms with Crippen LogP contribution in [0.5, 0.6) is 0 Å². The number of H-pyrrole nitrogens is 1. The highest BCUT2D eigenvalue weighted by atomic mass is 16.2. The van der Waals surface area contributed by atoms with Crippen molar-refractivity contribution in [2.24, 2.45) is 11.8 Å². The van der Waals surface area contributed by atoms with Crippen molar-refractivity contribution in [2.75, 3.05) is 18.4 Å². The molecule has 2 heterocycles. The lowest BCUT2D eigenvalue weighted by atomic mass is 9.94. The molecule has 3 amide bonds. The zero-order chi connectivity index (χ0) is 24.1. The van der Waals surface area contributed by atoms with E-state index in [1.54, 1.807) is 4.90 Å². The molecule has 1 aliphatic heterocycles. The first-order valence-electron chi connectivity index (χ1n) is 11.9. The molecule has 1 aliphatic rings. The summed E-state index contributed by atoms with van der Waals surface area (Å²) in [5.41, 5.74) is 2.78. The highest BCUT2D eigenvalue weighted by Crippen LogP contribution is 2.23. The average Bonchev–Trinajstić information content (AvgIpc) is 3.26. The molecule has 0 spiro atoms. The molecule has 1 aromatic heterocycles. The number of nitrogens with one attached hydrogen (secondary N) is 3. The Morgan fingerprint density at radius 2 is 1.68 bits per heavy atom. The lowest BCUT2D eigenvalue weighted by Crippen LogP contribution is -2.53. The molecule has 0 aliphatic carbocycles. The van der Waals surface area contributed by atoms with Gasteiger partial charge in [-0.1, -0.05) is 50.2 Å². The Hall–Kier alpha value is -3.61. The van der Waals surface area contributed by atoms with Crippen LogP contribution in [-0.2, 0) is 20.8 Å². The summed E-state index contributed by atoms with van der Waals surface area (Å²) in [6.07, 6.45) is 3.52. The molecule has 1 fully saturated rings. The van der Waals surface area contributed by atoms with Gasteiger partial charge in [-0.25, -0.2) is 0 Å². The van der Waals surface area contributed by atoms with E-state index >= 15 is 0 Å². The van der Waals surface area contributed by atoms with E-state index in [4.69, 9.17) is 0 Å². The first kappa shape index (κ1) is 23.5. The van der Waals surface area contributed by atoms with Crippen LogP contribution in [0, 0.1) is 11.8 Å². The SMILES string of the molecule is CC(C)C(=O)NC(Cc1c[nH]c2ccccc12)C(=O)N1CCC(C(=O)Nc2ccccc2)CC1. The molecule has 4 rings (SSSR count). The van der Waals surface area contributed by atoms with Gasteiger partial charge >= 0.3 is 0 Å². The Balaban J connectivity index is 1.42. The second kappa shape index (κ2) is 10.5. The third-order valence-corrected chi connectivity index (χ3v) is 6.46. The van der Waals surface area contributed by atoms with Gasteiger partial charge in [-0.3, -0.25) is 14.4 Å². The second-order valence-corrected chi connectivity index (χ2v) is 9.23. The Kier molecular flexibility index (Phi) is 7.30. The third kappa shape index (κ3) is 5.47. The number of carbonyl (C=O) groups is 3. The highest BCUT2D eigenvalue weighted by molar-refractivity contribution is 5.93. The topological polar surface area (TPSA) is 94.3 Å². The second-order valence-electron chi connectivity index (χ2n) is 9.23. The Labute approximate surface area is 199 Å². The van der Waals surface area contributed by atoms with Crippen molar-refractivity contribution < 1.29 is 14.4 Å². The highest BCUT2D eigenvalue weighted by Gasteiger charge is 2.32. The number of hydrogen-bond acceptors (Lipinski definition) is 3. The summed E-state index contributed by atoms with van der Waals surface area (Å²) >= 11 is 0. The molecule has 3 N–H and O–H groups in total. The van der Waals surface area contributed by atoms with Gasteiger partial charge in [0.25, 0.3) is 0 Å². The predicted octanol–water partition coefficient (Wildman–Crippen LogP) is 3.73. The number of nitrogens with zero attached hydrogens (tertiary/aromatic N) is 1. The van der Waals surface area contributed by atoms with E-state index in [-0.39, 0.29) is 29.6 Å². The number of likely N-dealkylation sites (tertiary alicyclic amines) is 1. The molecule has 1 saturated heterocycles. The van der Waals surface area contributed by atoms with Gasteiger partial charge in [0.1, 0.15) is 6.04 Å². The van der Waals surface area contributed by atoms with E-state index in [2.05, 4.69) is 15.6 Å². The van der Waals surface area contributed by atoms with E-state index in [1.165, 1.54) is 0 Å². The van der Waals surface area contributed by atoms with Gasteiger partial charge in [0, 0.05) is 54.1 Å². The minimum atomic E-state index is -0.649. The number of piperidine rings is 1. The number of fused-ring (bicyclic) bond motifs is 1. The lowest BCUT2D eigenvalue weighted by Gasteiger charge is -2.34. The first-order chi connectivity index (χ1) is 16.4. The maximum absolute atomic E-state index is 13.5. The molecule has 34 heavy (non-hydrogen) atoms. The van der Waals surface area contributed by atoms with E-state index in [1.807, 2.05) is 74.6 Å². The minimum Gasteiger partial charge on any atom is -0.361 e. The van der Waals surface area contributed by atoms with Gasteiger partial charge < -0.3 is 20.5 Å². The van der Waals surface area contributed by atoms with Crippen molar-refractivity contribution in [1.82, 2.24) is 15.2 Å². The zero-order valence-corrected chi connectivity index (χ0v) is 19.7. The minimum absolute atomic E-state index is 0.0123. The molecular formula is C27H32N4O3. The summed E-state index contributed by atoms with van der Waals surface area (Å²) < 4.78 is 0. The molecule has 1 unspecified atom stereocenters. The summed E-state index contributed by atoms with van der Waals surface area (Å²) in [7, 11) is 0. The molecular weight excluding hydrogens is 428 g/mol. The fourth-order valence-corrected chi connectivity index (χ4v) is 4.41. The van der Waals surface area contributed by atoms with Crippen LogP contribution in [0.3, 0.4) is 0 Å². The van der Waals surface area contributed by atoms with Gasteiger partial charge in [0.15, 0.2) is 0 Å². The van der Waals surface area contributed by atoms with Crippen LogP contribution in [-0.4, -0.2) is 46.7 Å². The molecule has 0 bridgehead atoms. The zero-order valence-electron chi connectivity index (χ0n) is 19.7. The van der Waals surface area contributed by atoms with Crippen molar-refractivity contribution in [3.05, 3.63) is 66.4 Å². The number of carbonyl (C=O) groups excluding carboxylic acids is 3. The predicted molar refractivity (Wildman–Crippen MR) is 133 cm³/mol. The summed E-state index contributed by atoms with van der Waals surface area (Å²) in [4.78, 5) is 43.7. The van der Waals surface area contributed by atoms with Crippen LogP contribution in [0.25, 0.3) is 10.9 Å². The molecule has 178 valence electrons. The van der Waals surface area contributed by atoms with Crippen molar-refractivity contribution in [3.63, 3.8) is 0 Å². The maximum Gasteiger partial charge on any atom is 0.245 e. The lowest BCUT2D eigenvalue weighted by molar-refractivity contribution is -0.139. The number of para-hydroxylation sites is 2. The fraction of sp³-hybridized carbons (Fsp3) is 0.370. The van der Waals surface area contributed by atoms with Gasteiger partial charge in [-0.05, 0) is 36.6 Å². The van der Waals surface area contributed by atoms with Crippen molar-refractivity contribution in [2.45, 2.75) is 39.2 Å². The normalized spacial score (nSPS) is 15.3. The Bertz CT molecular complexity index is 1150. The third-order valence-electron chi connectivity index (χ3n) is 6.46. The largest absolute Gasteiger partial charge is 0.361 e. The molecule has 0 radical (unpaired) electrons. The molecule has 7 nitrogen and oxygen atoms in total. The number of hydrogen-bond donors (Lipinski definition) is 3. The summed E-state index contributed by atoms with van der Waals surface area (Å²) in [6, 6.07) is 16.7. The number of benzene rings is 2. The quantitative estimate of drug-likeness (QED) is 0.501. The van der Waals surface area contributed by atoms with Crippen LogP contribution in [0.15, 0.2) is 60.8 Å². The van der Waals surface area contributed by atoms with Crippen LogP contribution in [0.2, 0.25) is 0 Å². The van der Waals surface area contributed by atoms with Crippen LogP contribution >= 0.6 is 0 Å². The molecule has 1 atom stereocenters. The number of rotatable bonds is 7. The summed E-state index contributed by atoms with van der Waals surface area (Å²) in [5.74, 6) is -0.606.